The van der Waals surface area contributed by atoms with Crippen LogP contribution >= 0.6 is 11.8 Å². The number of hydrogen-bond acceptors (Lipinski definition) is 3. The molecule has 4 nitrogen and oxygen atoms in total. The lowest BCUT2D eigenvalue weighted by Crippen LogP contribution is -2.27. The third kappa shape index (κ3) is 2.61. The van der Waals surface area contributed by atoms with Crippen molar-refractivity contribution in [1.82, 2.24) is 10.2 Å². The molecule has 2 atom stereocenters. The van der Waals surface area contributed by atoms with E-state index in [1.165, 1.54) is 5.56 Å². The summed E-state index contributed by atoms with van der Waals surface area (Å²) in [5, 5.41) is 4.32. The molecule has 1 amide bonds. The van der Waals surface area contributed by atoms with Crippen LogP contribution in [0.3, 0.4) is 0 Å². The number of carbonyl (C=O) groups excluding carboxylic acids is 1. The van der Waals surface area contributed by atoms with Crippen molar-refractivity contribution in [3.8, 4) is 0 Å². The average molecular weight is 275 g/mol. The fraction of sp³-hybridized carbons (Fsp3) is 0.429. The van der Waals surface area contributed by atoms with E-state index >= 15 is 0 Å². The van der Waals surface area contributed by atoms with Crippen LogP contribution in [0.25, 0.3) is 0 Å². The number of nitrogens with zero attached hydrogens (tertiary/aromatic N) is 2. The van der Waals surface area contributed by atoms with E-state index in [9.17, 15) is 4.79 Å². The first-order chi connectivity index (χ1) is 9.24. The number of likely N-dealkylation sites (tertiary alicyclic amines) is 1. The Balaban J connectivity index is 1.68. The highest BCUT2D eigenvalue weighted by Crippen LogP contribution is 2.27. The number of rotatable bonds is 2. The molecular weight excluding hydrogens is 258 g/mol. The zero-order valence-corrected chi connectivity index (χ0v) is 11.7. The van der Waals surface area contributed by atoms with Crippen molar-refractivity contribution in [2.24, 2.45) is 4.99 Å². The zero-order chi connectivity index (χ0) is 13.2. The van der Waals surface area contributed by atoms with Gasteiger partial charge in [0.05, 0.1) is 6.04 Å². The Labute approximate surface area is 117 Å². The molecule has 100 valence electrons. The normalized spacial score (nSPS) is 29.0. The number of hydrogen-bond donors (Lipinski definition) is 1. The quantitative estimate of drug-likeness (QED) is 0.892. The van der Waals surface area contributed by atoms with Crippen LogP contribution in [0.2, 0.25) is 0 Å². The van der Waals surface area contributed by atoms with E-state index in [1.54, 1.807) is 16.7 Å². The maximum absolute atomic E-state index is 11.8. The summed E-state index contributed by atoms with van der Waals surface area (Å²) in [5.41, 5.74) is 1.27. The predicted octanol–water partition coefficient (Wildman–Crippen LogP) is 1.65. The molecule has 0 radical (unpaired) electrons. The van der Waals surface area contributed by atoms with Crippen molar-refractivity contribution in [3.05, 3.63) is 35.9 Å². The SMILES string of the molecule is CN1CCC(N=C2NC(c3ccccc3)CS2)C1=O. The number of aliphatic imine (C=N–C) groups is 1. The van der Waals surface area contributed by atoms with E-state index in [4.69, 9.17) is 0 Å². The monoisotopic (exact) mass is 275 g/mol. The lowest BCUT2D eigenvalue weighted by molar-refractivity contribution is -0.127. The molecule has 0 bridgehead atoms. The zero-order valence-electron chi connectivity index (χ0n) is 10.9. The molecule has 1 aromatic rings. The molecule has 2 aliphatic rings. The highest BCUT2D eigenvalue weighted by atomic mass is 32.2. The number of thioether (sulfide) groups is 1. The minimum absolute atomic E-state index is 0.137. The lowest BCUT2D eigenvalue weighted by atomic mass is 10.1. The Hall–Kier alpha value is -1.49. The second-order valence-electron chi connectivity index (χ2n) is 4.92. The number of amides is 1. The van der Waals surface area contributed by atoms with Crippen LogP contribution in [0, 0.1) is 0 Å². The van der Waals surface area contributed by atoms with Crippen LogP contribution in [0.15, 0.2) is 35.3 Å². The fourth-order valence-corrected chi connectivity index (χ4v) is 3.43. The molecule has 0 saturated carbocycles. The molecule has 1 aromatic carbocycles. The van der Waals surface area contributed by atoms with Crippen molar-refractivity contribution < 1.29 is 4.79 Å². The van der Waals surface area contributed by atoms with Crippen LogP contribution in [0.5, 0.6) is 0 Å². The van der Waals surface area contributed by atoms with E-state index in [2.05, 4.69) is 22.4 Å². The molecule has 0 aliphatic carbocycles. The third-order valence-electron chi connectivity index (χ3n) is 3.56. The van der Waals surface area contributed by atoms with Crippen LogP contribution in [-0.2, 0) is 4.79 Å². The van der Waals surface area contributed by atoms with E-state index in [-0.39, 0.29) is 11.9 Å². The second-order valence-corrected chi connectivity index (χ2v) is 5.93. The lowest BCUT2D eigenvalue weighted by Gasteiger charge is -2.10. The van der Waals surface area contributed by atoms with E-state index in [1.807, 2.05) is 25.2 Å². The summed E-state index contributed by atoms with van der Waals surface area (Å²) in [4.78, 5) is 18.1. The number of carbonyl (C=O) groups is 1. The van der Waals surface area contributed by atoms with Gasteiger partial charge >= 0.3 is 0 Å². The van der Waals surface area contributed by atoms with Crippen molar-refractivity contribution in [1.29, 1.82) is 0 Å². The summed E-state index contributed by atoms with van der Waals surface area (Å²) in [6, 6.07) is 10.5. The van der Waals surface area contributed by atoms with E-state index < -0.39 is 0 Å². The van der Waals surface area contributed by atoms with E-state index in [0.717, 1.165) is 23.9 Å². The summed E-state index contributed by atoms with van der Waals surface area (Å²) in [6.45, 7) is 0.813. The van der Waals surface area contributed by atoms with Gasteiger partial charge in [0.1, 0.15) is 6.04 Å². The predicted molar refractivity (Wildman–Crippen MR) is 78.3 cm³/mol. The molecule has 3 rings (SSSR count). The van der Waals surface area contributed by atoms with Crippen LogP contribution in [0.4, 0.5) is 0 Å². The first-order valence-electron chi connectivity index (χ1n) is 6.51. The standard InChI is InChI=1S/C14H17N3OS/c1-17-8-7-11(13(17)18)15-14-16-12(9-19-14)10-5-3-2-4-6-10/h2-6,11-12H,7-9H2,1H3,(H,15,16). The molecule has 0 aromatic heterocycles. The molecule has 19 heavy (non-hydrogen) atoms. The summed E-state index contributed by atoms with van der Waals surface area (Å²) in [7, 11) is 1.84. The highest BCUT2D eigenvalue weighted by Gasteiger charge is 2.30. The Morgan fingerprint density at radius 3 is 2.84 bits per heavy atom. The molecule has 2 saturated heterocycles. The smallest absolute Gasteiger partial charge is 0.247 e. The highest BCUT2D eigenvalue weighted by molar-refractivity contribution is 8.14. The topological polar surface area (TPSA) is 44.7 Å². The van der Waals surface area contributed by atoms with Gasteiger partial charge in [-0.1, -0.05) is 42.1 Å². The number of likely N-dealkylation sites (N-methyl/N-ethyl adjacent to an activating group) is 1. The van der Waals surface area contributed by atoms with Gasteiger partial charge in [0.2, 0.25) is 5.91 Å². The summed E-state index contributed by atoms with van der Waals surface area (Å²) < 4.78 is 0. The summed E-state index contributed by atoms with van der Waals surface area (Å²) in [6.07, 6.45) is 0.830. The van der Waals surface area contributed by atoms with Crippen molar-refractivity contribution in [3.63, 3.8) is 0 Å². The van der Waals surface area contributed by atoms with Gasteiger partial charge in [-0.15, -0.1) is 0 Å². The molecule has 2 aliphatic heterocycles. The Bertz CT molecular complexity index is 503. The van der Waals surface area contributed by atoms with Crippen molar-refractivity contribution in [2.45, 2.75) is 18.5 Å². The van der Waals surface area contributed by atoms with Gasteiger partial charge in [0, 0.05) is 19.3 Å². The second kappa shape index (κ2) is 5.25. The Kier molecular flexibility index (Phi) is 3.46. The fourth-order valence-electron chi connectivity index (χ4n) is 2.40. The molecule has 2 unspecified atom stereocenters. The minimum atomic E-state index is -0.186. The first-order valence-corrected chi connectivity index (χ1v) is 7.49. The number of amidine groups is 1. The largest absolute Gasteiger partial charge is 0.357 e. The van der Waals surface area contributed by atoms with Crippen LogP contribution < -0.4 is 5.32 Å². The van der Waals surface area contributed by atoms with Gasteiger partial charge in [0.25, 0.3) is 0 Å². The summed E-state index contributed by atoms with van der Waals surface area (Å²) >= 11 is 1.70. The van der Waals surface area contributed by atoms with Crippen molar-refractivity contribution >= 4 is 22.8 Å². The van der Waals surface area contributed by atoms with Gasteiger partial charge in [-0.3, -0.25) is 4.79 Å². The number of benzene rings is 1. The molecule has 2 fully saturated rings. The average Bonchev–Trinajstić information content (AvgIpc) is 3.02. The van der Waals surface area contributed by atoms with Crippen LogP contribution in [0.1, 0.15) is 18.0 Å². The van der Waals surface area contributed by atoms with Gasteiger partial charge in [-0.2, -0.15) is 0 Å². The van der Waals surface area contributed by atoms with Crippen LogP contribution in [-0.4, -0.2) is 41.4 Å². The first kappa shape index (κ1) is 12.5. The molecule has 1 N–H and O–H groups in total. The molecular formula is C14H17N3OS. The van der Waals surface area contributed by atoms with Crippen molar-refractivity contribution in [2.75, 3.05) is 19.3 Å². The minimum Gasteiger partial charge on any atom is -0.357 e. The molecule has 0 spiro atoms. The Morgan fingerprint density at radius 2 is 2.16 bits per heavy atom. The number of nitrogens with one attached hydrogen (secondary N) is 1. The Morgan fingerprint density at radius 1 is 1.37 bits per heavy atom. The molecule has 2 heterocycles. The summed E-state index contributed by atoms with van der Waals surface area (Å²) in [5.74, 6) is 1.11. The maximum atomic E-state index is 11.8. The maximum Gasteiger partial charge on any atom is 0.247 e. The molecule has 5 heteroatoms. The van der Waals surface area contributed by atoms with Gasteiger partial charge in [-0.25, -0.2) is 4.99 Å². The van der Waals surface area contributed by atoms with E-state index in [0.29, 0.717) is 6.04 Å². The van der Waals surface area contributed by atoms with Gasteiger partial charge in [0.15, 0.2) is 5.17 Å². The third-order valence-corrected chi connectivity index (χ3v) is 4.56. The van der Waals surface area contributed by atoms with Gasteiger partial charge < -0.3 is 10.2 Å². The van der Waals surface area contributed by atoms with Gasteiger partial charge in [-0.05, 0) is 12.0 Å².